The molecule has 3 nitrogen and oxygen atoms in total. The highest BCUT2D eigenvalue weighted by atomic mass is 16.5. The molecular weight excluding hydrogens is 346 g/mol. The van der Waals surface area contributed by atoms with Crippen LogP contribution in [0.1, 0.15) is 35.1 Å². The molecule has 0 saturated carbocycles. The minimum Gasteiger partial charge on any atom is -0.493 e. The summed E-state index contributed by atoms with van der Waals surface area (Å²) in [6, 6.07) is 27.3. The smallest absolute Gasteiger partial charge is 0.125 e. The molecular formula is C25H27NO2. The minimum absolute atomic E-state index is 0.0288. The number of rotatable bonds is 7. The summed E-state index contributed by atoms with van der Waals surface area (Å²) < 4.78 is 12.4. The van der Waals surface area contributed by atoms with Crippen LogP contribution in [0.15, 0.2) is 78.9 Å². The predicted molar refractivity (Wildman–Crippen MR) is 113 cm³/mol. The van der Waals surface area contributed by atoms with E-state index >= 15 is 0 Å². The van der Waals surface area contributed by atoms with Gasteiger partial charge in [-0.1, -0.05) is 60.7 Å². The Balaban J connectivity index is 1.53. The molecule has 0 bridgehead atoms. The van der Waals surface area contributed by atoms with Gasteiger partial charge in [0.1, 0.15) is 17.6 Å². The van der Waals surface area contributed by atoms with Crippen LogP contribution < -0.4 is 14.8 Å². The van der Waals surface area contributed by atoms with Crippen molar-refractivity contribution in [3.63, 3.8) is 0 Å². The Labute approximate surface area is 167 Å². The van der Waals surface area contributed by atoms with Gasteiger partial charge in [-0.3, -0.25) is 0 Å². The van der Waals surface area contributed by atoms with Crippen molar-refractivity contribution >= 4 is 0 Å². The van der Waals surface area contributed by atoms with Crippen LogP contribution in [0.2, 0.25) is 0 Å². The summed E-state index contributed by atoms with van der Waals surface area (Å²) in [5, 5.41) is 3.23. The number of ether oxygens (including phenoxy) is 2. The van der Waals surface area contributed by atoms with Crippen molar-refractivity contribution < 1.29 is 9.47 Å². The minimum atomic E-state index is 0.0288. The molecule has 28 heavy (non-hydrogen) atoms. The van der Waals surface area contributed by atoms with E-state index < -0.39 is 0 Å². The van der Waals surface area contributed by atoms with Gasteiger partial charge < -0.3 is 14.8 Å². The Morgan fingerprint density at radius 1 is 1.00 bits per heavy atom. The van der Waals surface area contributed by atoms with Crippen molar-refractivity contribution in [1.82, 2.24) is 5.32 Å². The lowest BCUT2D eigenvalue weighted by atomic mass is 9.90. The molecule has 0 aliphatic carbocycles. The highest BCUT2D eigenvalue weighted by Gasteiger charge is 2.22. The molecule has 0 saturated heterocycles. The van der Waals surface area contributed by atoms with Crippen LogP contribution in [0.3, 0.4) is 0 Å². The van der Waals surface area contributed by atoms with Gasteiger partial charge in [0.2, 0.25) is 0 Å². The molecule has 3 aromatic carbocycles. The zero-order valence-electron chi connectivity index (χ0n) is 16.3. The van der Waals surface area contributed by atoms with Crippen LogP contribution in [0.4, 0.5) is 0 Å². The Hall–Kier alpha value is -2.78. The molecule has 0 amide bonds. The molecule has 3 heteroatoms. The lowest BCUT2D eigenvalue weighted by molar-refractivity contribution is 0.193. The van der Waals surface area contributed by atoms with Gasteiger partial charge in [-0.05, 0) is 54.9 Å². The Kier molecular flexibility index (Phi) is 5.93. The Bertz CT molecular complexity index is 880. The van der Waals surface area contributed by atoms with Crippen LogP contribution in [-0.2, 0) is 6.42 Å². The zero-order chi connectivity index (χ0) is 19.2. The second-order valence-electron chi connectivity index (χ2n) is 7.30. The van der Waals surface area contributed by atoms with E-state index in [1.165, 1.54) is 16.7 Å². The zero-order valence-corrected chi connectivity index (χ0v) is 16.3. The van der Waals surface area contributed by atoms with Crippen LogP contribution in [0, 0.1) is 0 Å². The van der Waals surface area contributed by atoms with Gasteiger partial charge >= 0.3 is 0 Å². The monoisotopic (exact) mass is 373 g/mol. The topological polar surface area (TPSA) is 30.5 Å². The third-order valence-corrected chi connectivity index (χ3v) is 5.32. The molecule has 144 valence electrons. The molecule has 2 unspecified atom stereocenters. The average Bonchev–Trinajstić information content (AvgIpc) is 2.77. The summed E-state index contributed by atoms with van der Waals surface area (Å²) in [6.07, 6.45) is 1.92. The molecule has 1 aliphatic heterocycles. The maximum atomic E-state index is 6.41. The van der Waals surface area contributed by atoms with Crippen molar-refractivity contribution in [2.75, 3.05) is 20.2 Å². The first-order valence-corrected chi connectivity index (χ1v) is 10.0. The van der Waals surface area contributed by atoms with E-state index in [1.807, 2.05) is 25.2 Å². The molecule has 1 aliphatic rings. The molecule has 1 N–H and O–H groups in total. The third-order valence-electron chi connectivity index (χ3n) is 5.32. The first-order chi connectivity index (χ1) is 13.8. The molecule has 2 atom stereocenters. The quantitative estimate of drug-likeness (QED) is 0.622. The normalized spacial score (nSPS) is 16.7. The van der Waals surface area contributed by atoms with Gasteiger partial charge in [-0.25, -0.2) is 0 Å². The van der Waals surface area contributed by atoms with Crippen molar-refractivity contribution in [2.45, 2.75) is 24.9 Å². The lowest BCUT2D eigenvalue weighted by Gasteiger charge is -2.27. The van der Waals surface area contributed by atoms with E-state index in [2.05, 4.69) is 66.0 Å². The van der Waals surface area contributed by atoms with E-state index in [-0.39, 0.29) is 6.10 Å². The third kappa shape index (κ3) is 4.37. The van der Waals surface area contributed by atoms with Crippen LogP contribution in [0.5, 0.6) is 11.5 Å². The first-order valence-electron chi connectivity index (χ1n) is 10.0. The fourth-order valence-corrected chi connectivity index (χ4v) is 3.78. The van der Waals surface area contributed by atoms with E-state index in [9.17, 15) is 0 Å². The van der Waals surface area contributed by atoms with E-state index in [0.29, 0.717) is 5.92 Å². The molecule has 0 aromatic heterocycles. The molecule has 3 aromatic rings. The van der Waals surface area contributed by atoms with Crippen molar-refractivity contribution in [2.24, 2.45) is 0 Å². The summed E-state index contributed by atoms with van der Waals surface area (Å²) in [6.45, 7) is 1.63. The number of benzene rings is 3. The van der Waals surface area contributed by atoms with Crippen molar-refractivity contribution in [3.8, 4) is 11.5 Å². The maximum absolute atomic E-state index is 6.41. The largest absolute Gasteiger partial charge is 0.493 e. The Morgan fingerprint density at radius 2 is 1.75 bits per heavy atom. The van der Waals surface area contributed by atoms with E-state index in [1.54, 1.807) is 0 Å². The van der Waals surface area contributed by atoms with Gasteiger partial charge in [0.15, 0.2) is 0 Å². The Morgan fingerprint density at radius 3 is 2.50 bits per heavy atom. The fraction of sp³-hybridized carbons (Fsp3) is 0.280. The van der Waals surface area contributed by atoms with Gasteiger partial charge in [0, 0.05) is 12.3 Å². The SMILES string of the molecule is CNCCC(Oc1ccc2c(c1)CC(c1ccccc1)CO2)c1ccccc1. The van der Waals surface area contributed by atoms with Crippen LogP contribution >= 0.6 is 0 Å². The second-order valence-corrected chi connectivity index (χ2v) is 7.30. The summed E-state index contributed by atoms with van der Waals surface area (Å²) in [5.74, 6) is 2.27. The number of hydrogen-bond donors (Lipinski definition) is 1. The van der Waals surface area contributed by atoms with Gasteiger partial charge in [0.25, 0.3) is 0 Å². The number of hydrogen-bond acceptors (Lipinski definition) is 3. The average molecular weight is 373 g/mol. The van der Waals surface area contributed by atoms with Gasteiger partial charge in [-0.2, -0.15) is 0 Å². The molecule has 4 rings (SSSR count). The van der Waals surface area contributed by atoms with Gasteiger partial charge in [-0.15, -0.1) is 0 Å². The number of fused-ring (bicyclic) bond motifs is 1. The second kappa shape index (κ2) is 8.94. The van der Waals surface area contributed by atoms with Crippen molar-refractivity contribution in [1.29, 1.82) is 0 Å². The standard InChI is InChI=1S/C25H27NO2/c1-26-15-14-25(20-10-6-3-7-11-20)28-23-12-13-24-21(17-23)16-22(18-27-24)19-8-4-2-5-9-19/h2-13,17,22,25-26H,14-16,18H2,1H3. The van der Waals surface area contributed by atoms with Crippen LogP contribution in [-0.4, -0.2) is 20.2 Å². The molecule has 1 heterocycles. The van der Waals surface area contributed by atoms with Crippen LogP contribution in [0.25, 0.3) is 0 Å². The highest BCUT2D eigenvalue weighted by Crippen LogP contribution is 2.36. The fourth-order valence-electron chi connectivity index (χ4n) is 3.78. The predicted octanol–water partition coefficient (Wildman–Crippen LogP) is 5.13. The molecule has 0 fully saturated rings. The lowest BCUT2D eigenvalue weighted by Crippen LogP contribution is -2.19. The van der Waals surface area contributed by atoms with E-state index in [4.69, 9.17) is 9.47 Å². The number of nitrogens with one attached hydrogen (secondary N) is 1. The summed E-state index contributed by atoms with van der Waals surface area (Å²) >= 11 is 0. The molecule has 0 spiro atoms. The summed E-state index contributed by atoms with van der Waals surface area (Å²) in [5.41, 5.74) is 3.75. The first kappa shape index (κ1) is 18.6. The summed E-state index contributed by atoms with van der Waals surface area (Å²) in [4.78, 5) is 0. The van der Waals surface area contributed by atoms with E-state index in [0.717, 1.165) is 37.5 Å². The highest BCUT2D eigenvalue weighted by molar-refractivity contribution is 5.43. The van der Waals surface area contributed by atoms with Crippen molar-refractivity contribution in [3.05, 3.63) is 95.6 Å². The maximum Gasteiger partial charge on any atom is 0.125 e. The molecule has 0 radical (unpaired) electrons. The summed E-state index contributed by atoms with van der Waals surface area (Å²) in [7, 11) is 1.97. The van der Waals surface area contributed by atoms with Gasteiger partial charge in [0.05, 0.1) is 6.61 Å².